The third-order valence-electron chi connectivity index (χ3n) is 5.33. The van der Waals surface area contributed by atoms with Gasteiger partial charge in [0.1, 0.15) is 5.69 Å². The lowest BCUT2D eigenvalue weighted by molar-refractivity contribution is 0.767. The Balaban J connectivity index is 1.84. The number of aromatic amines is 2. The van der Waals surface area contributed by atoms with Crippen LogP contribution in [0.3, 0.4) is 0 Å². The molecule has 0 unspecified atom stereocenters. The van der Waals surface area contributed by atoms with E-state index in [-0.39, 0.29) is 0 Å². The molecule has 0 aliphatic heterocycles. The summed E-state index contributed by atoms with van der Waals surface area (Å²) in [6.07, 6.45) is 15.2. The average molecular weight is 423 g/mol. The van der Waals surface area contributed by atoms with E-state index in [0.717, 1.165) is 55.5 Å². The molecule has 0 saturated heterocycles. The minimum absolute atomic E-state index is 0.835. The van der Waals surface area contributed by atoms with Crippen LogP contribution in [0.1, 0.15) is 29.3 Å². The minimum atomic E-state index is 0.835. The Morgan fingerprint density at radius 3 is 2.72 bits per heavy atom. The molecule has 0 amide bonds. The first-order valence-corrected chi connectivity index (χ1v) is 10.4. The first-order chi connectivity index (χ1) is 15.5. The number of H-pyrrole nitrogens is 2. The lowest BCUT2D eigenvalue weighted by Gasteiger charge is -2.06. The van der Waals surface area contributed by atoms with E-state index in [1.165, 1.54) is 0 Å². The molecular weight excluding hydrogens is 396 g/mol. The largest absolute Gasteiger partial charge is 0.357 e. The van der Waals surface area contributed by atoms with Gasteiger partial charge in [0.15, 0.2) is 0 Å². The van der Waals surface area contributed by atoms with E-state index in [0.29, 0.717) is 0 Å². The summed E-state index contributed by atoms with van der Waals surface area (Å²) in [5.41, 5.74) is 7.80. The highest BCUT2D eigenvalue weighted by Gasteiger charge is 2.15. The quantitative estimate of drug-likeness (QED) is 0.465. The molecule has 6 heteroatoms. The standard InChI is InChI=1S/C26H26N6/c1-6-9-21(19-10-8-11-27-14-19)22-13-25(29-18(22)4)26-23(24(7-2)30-31-26)12-17(3)20-15-28-32(5)16-20/h6-16,29-30H,1,3H2,2,4-5H3/b21-9-,23-12+,24-7+. The van der Waals surface area contributed by atoms with Gasteiger partial charge in [0.05, 0.1) is 17.2 Å². The maximum Gasteiger partial charge on any atom is 0.116 e. The predicted molar refractivity (Wildman–Crippen MR) is 131 cm³/mol. The Hall–Kier alpha value is -4.19. The smallest absolute Gasteiger partial charge is 0.116 e. The summed E-state index contributed by atoms with van der Waals surface area (Å²) >= 11 is 0. The summed E-state index contributed by atoms with van der Waals surface area (Å²) in [4.78, 5) is 7.78. The SMILES string of the molecule is C=C/C=C(/c1cccnc1)c1cc(-c2n[nH]c(=C/C)/c2=C\C(=C)c2cnn(C)c2)[nH]c1C. The molecule has 0 radical (unpaired) electrons. The molecule has 0 aromatic carbocycles. The Labute approximate surface area is 187 Å². The molecule has 0 aliphatic rings. The predicted octanol–water partition coefficient (Wildman–Crippen LogP) is 3.75. The van der Waals surface area contributed by atoms with Crippen LogP contribution in [0, 0.1) is 6.92 Å². The molecule has 4 aromatic heterocycles. The summed E-state index contributed by atoms with van der Waals surface area (Å²) in [5.74, 6) is 0. The number of aromatic nitrogens is 6. The molecular formula is C26H26N6. The topological polar surface area (TPSA) is 75.2 Å². The zero-order valence-electron chi connectivity index (χ0n) is 18.6. The fraction of sp³-hybridized carbons (Fsp3) is 0.115. The van der Waals surface area contributed by atoms with E-state index in [2.05, 4.69) is 51.4 Å². The second kappa shape index (κ2) is 8.89. The fourth-order valence-electron chi connectivity index (χ4n) is 3.73. The van der Waals surface area contributed by atoms with Crippen molar-refractivity contribution >= 4 is 23.3 Å². The molecule has 0 aliphatic carbocycles. The summed E-state index contributed by atoms with van der Waals surface area (Å²) in [6, 6.07) is 6.10. The van der Waals surface area contributed by atoms with Crippen LogP contribution in [0.2, 0.25) is 0 Å². The van der Waals surface area contributed by atoms with Crippen LogP contribution < -0.4 is 10.6 Å². The van der Waals surface area contributed by atoms with Gasteiger partial charge in [-0.05, 0) is 43.2 Å². The van der Waals surface area contributed by atoms with Gasteiger partial charge in [0.25, 0.3) is 0 Å². The van der Waals surface area contributed by atoms with Crippen LogP contribution >= 0.6 is 0 Å². The van der Waals surface area contributed by atoms with E-state index < -0.39 is 0 Å². The van der Waals surface area contributed by atoms with Crippen LogP contribution in [0.15, 0.2) is 68.3 Å². The third-order valence-corrected chi connectivity index (χ3v) is 5.33. The van der Waals surface area contributed by atoms with Crippen LogP contribution in [0.4, 0.5) is 0 Å². The van der Waals surface area contributed by atoms with Gasteiger partial charge in [-0.1, -0.05) is 37.5 Å². The van der Waals surface area contributed by atoms with E-state index in [9.17, 15) is 0 Å². The van der Waals surface area contributed by atoms with Crippen molar-refractivity contribution in [2.75, 3.05) is 0 Å². The fourth-order valence-corrected chi connectivity index (χ4v) is 3.73. The molecule has 0 bridgehead atoms. The lowest BCUT2D eigenvalue weighted by atomic mass is 9.99. The van der Waals surface area contributed by atoms with Crippen molar-refractivity contribution in [3.8, 4) is 11.4 Å². The molecule has 160 valence electrons. The van der Waals surface area contributed by atoms with Crippen molar-refractivity contribution in [2.24, 2.45) is 7.05 Å². The van der Waals surface area contributed by atoms with Crippen LogP contribution in [-0.2, 0) is 7.05 Å². The van der Waals surface area contributed by atoms with Crippen molar-refractivity contribution < 1.29 is 0 Å². The van der Waals surface area contributed by atoms with Gasteiger partial charge in [0, 0.05) is 53.2 Å². The maximum absolute atomic E-state index is 4.61. The molecule has 4 rings (SSSR count). The summed E-state index contributed by atoms with van der Waals surface area (Å²) in [6.45, 7) is 12.2. The Morgan fingerprint density at radius 2 is 2.06 bits per heavy atom. The first kappa shape index (κ1) is 21.1. The number of allylic oxidation sites excluding steroid dienone is 3. The molecule has 0 atom stereocenters. The number of rotatable bonds is 6. The normalized spacial score (nSPS) is 13.0. The van der Waals surface area contributed by atoms with Gasteiger partial charge in [-0.25, -0.2) is 0 Å². The van der Waals surface area contributed by atoms with Gasteiger partial charge < -0.3 is 4.98 Å². The number of pyridine rings is 1. The van der Waals surface area contributed by atoms with Crippen LogP contribution in [-0.4, -0.2) is 29.9 Å². The van der Waals surface area contributed by atoms with Gasteiger partial charge in [-0.15, -0.1) is 0 Å². The first-order valence-electron chi connectivity index (χ1n) is 10.4. The van der Waals surface area contributed by atoms with Crippen LogP contribution in [0.25, 0.3) is 34.7 Å². The molecule has 32 heavy (non-hydrogen) atoms. The van der Waals surface area contributed by atoms with Crippen LogP contribution in [0.5, 0.6) is 0 Å². The number of hydrogen-bond donors (Lipinski definition) is 2. The van der Waals surface area contributed by atoms with Gasteiger partial charge in [-0.3, -0.25) is 14.8 Å². The second-order valence-electron chi connectivity index (χ2n) is 7.54. The molecule has 2 N–H and O–H groups in total. The highest BCUT2D eigenvalue weighted by atomic mass is 15.2. The average Bonchev–Trinajstić information content (AvgIpc) is 3.51. The van der Waals surface area contributed by atoms with E-state index >= 15 is 0 Å². The zero-order valence-corrected chi connectivity index (χ0v) is 18.6. The summed E-state index contributed by atoms with van der Waals surface area (Å²) < 4.78 is 1.77. The number of hydrogen-bond acceptors (Lipinski definition) is 3. The lowest BCUT2D eigenvalue weighted by Crippen LogP contribution is -2.23. The monoisotopic (exact) mass is 422 g/mol. The number of nitrogens with one attached hydrogen (secondary N) is 2. The molecule has 6 nitrogen and oxygen atoms in total. The number of aryl methyl sites for hydroxylation is 2. The molecule has 4 aromatic rings. The molecule has 0 spiro atoms. The van der Waals surface area contributed by atoms with E-state index in [4.69, 9.17) is 0 Å². The van der Waals surface area contributed by atoms with Crippen molar-refractivity contribution in [2.45, 2.75) is 13.8 Å². The number of nitrogens with zero attached hydrogens (tertiary/aromatic N) is 4. The second-order valence-corrected chi connectivity index (χ2v) is 7.54. The molecule has 4 heterocycles. The van der Waals surface area contributed by atoms with Gasteiger partial charge >= 0.3 is 0 Å². The van der Waals surface area contributed by atoms with Gasteiger partial charge in [-0.2, -0.15) is 10.2 Å². The Kier molecular flexibility index (Phi) is 5.85. The summed E-state index contributed by atoms with van der Waals surface area (Å²) in [7, 11) is 1.89. The maximum atomic E-state index is 4.61. The third kappa shape index (κ3) is 4.03. The summed E-state index contributed by atoms with van der Waals surface area (Å²) in [5, 5.41) is 13.9. The molecule has 0 saturated carbocycles. The van der Waals surface area contributed by atoms with Crippen molar-refractivity contribution in [3.05, 3.63) is 101 Å². The van der Waals surface area contributed by atoms with Crippen molar-refractivity contribution in [1.29, 1.82) is 0 Å². The van der Waals surface area contributed by atoms with Gasteiger partial charge in [0.2, 0.25) is 0 Å². The van der Waals surface area contributed by atoms with E-state index in [1.54, 1.807) is 17.0 Å². The Morgan fingerprint density at radius 1 is 1.22 bits per heavy atom. The van der Waals surface area contributed by atoms with E-state index in [1.807, 2.05) is 62.9 Å². The van der Waals surface area contributed by atoms with Crippen molar-refractivity contribution in [1.82, 2.24) is 29.9 Å². The highest BCUT2D eigenvalue weighted by molar-refractivity contribution is 5.88. The van der Waals surface area contributed by atoms with Crippen molar-refractivity contribution in [3.63, 3.8) is 0 Å². The minimum Gasteiger partial charge on any atom is -0.357 e. The molecule has 0 fully saturated rings. The Bertz CT molecular complexity index is 1430. The highest BCUT2D eigenvalue weighted by Crippen LogP contribution is 2.29. The zero-order chi connectivity index (χ0) is 22.7.